The third-order valence-corrected chi connectivity index (χ3v) is 5.01. The van der Waals surface area contributed by atoms with E-state index in [1.807, 2.05) is 25.7 Å². The predicted octanol–water partition coefficient (Wildman–Crippen LogP) is 0.850. The summed E-state index contributed by atoms with van der Waals surface area (Å²) in [4.78, 5) is 17.0. The lowest BCUT2D eigenvalue weighted by molar-refractivity contribution is -0.189. The van der Waals surface area contributed by atoms with Crippen LogP contribution in [0.15, 0.2) is 0 Å². The summed E-state index contributed by atoms with van der Waals surface area (Å²) in [6.07, 6.45) is 1.93. The Morgan fingerprint density at radius 1 is 1.09 bits per heavy atom. The predicted molar refractivity (Wildman–Crippen MR) is 81.5 cm³/mol. The monoisotopic (exact) mass is 312 g/mol. The Morgan fingerprint density at radius 3 is 2.18 bits per heavy atom. The highest BCUT2D eigenvalue weighted by molar-refractivity contribution is 5.81. The van der Waals surface area contributed by atoms with Crippen LogP contribution >= 0.6 is 0 Å². The maximum absolute atomic E-state index is 12.8. The Bertz CT molecular complexity index is 391. The van der Waals surface area contributed by atoms with Crippen molar-refractivity contribution in [3.63, 3.8) is 0 Å². The van der Waals surface area contributed by atoms with Gasteiger partial charge in [-0.15, -0.1) is 0 Å². The zero-order valence-electron chi connectivity index (χ0n) is 13.9. The van der Waals surface area contributed by atoms with E-state index in [0.717, 1.165) is 25.9 Å². The zero-order chi connectivity index (χ0) is 15.7. The van der Waals surface area contributed by atoms with Crippen LogP contribution in [0.3, 0.4) is 0 Å². The van der Waals surface area contributed by atoms with Crippen LogP contribution in [0.4, 0.5) is 0 Å². The molecular weight excluding hydrogens is 284 g/mol. The number of likely N-dealkylation sites (tertiary alicyclic amines) is 1. The molecule has 1 spiro atoms. The number of nitrogens with zero attached hydrogens (tertiary/aromatic N) is 2. The summed E-state index contributed by atoms with van der Waals surface area (Å²) in [5, 5.41) is 0. The van der Waals surface area contributed by atoms with Crippen LogP contribution in [0.25, 0.3) is 0 Å². The quantitative estimate of drug-likeness (QED) is 0.757. The van der Waals surface area contributed by atoms with E-state index in [2.05, 4.69) is 4.90 Å². The smallest absolute Gasteiger partial charge is 0.239 e. The summed E-state index contributed by atoms with van der Waals surface area (Å²) in [5.74, 6) is -0.160. The minimum absolute atomic E-state index is 0.0868. The molecule has 3 atom stereocenters. The Hall–Kier alpha value is -0.690. The molecule has 3 saturated heterocycles. The number of morpholine rings is 1. The number of amides is 1. The van der Waals surface area contributed by atoms with Crippen molar-refractivity contribution in [2.45, 2.75) is 57.6 Å². The van der Waals surface area contributed by atoms with E-state index in [1.54, 1.807) is 0 Å². The van der Waals surface area contributed by atoms with Crippen molar-refractivity contribution in [3.05, 3.63) is 0 Å². The van der Waals surface area contributed by atoms with Crippen LogP contribution < -0.4 is 0 Å². The maximum atomic E-state index is 12.8. The fourth-order valence-corrected chi connectivity index (χ4v) is 3.82. The standard InChI is InChI=1S/C16H28N2O4/c1-12-10-18(11-13(2)22-12)15(19)14(3)17-6-4-16(5-7-17)20-8-9-21-16/h12-14H,4-11H2,1-3H3/t12-,13-,14-/m1/s1. The Labute approximate surface area is 132 Å². The molecule has 0 aromatic carbocycles. The molecule has 6 nitrogen and oxygen atoms in total. The van der Waals surface area contributed by atoms with Crippen molar-refractivity contribution < 1.29 is 19.0 Å². The number of hydrogen-bond acceptors (Lipinski definition) is 5. The molecule has 0 radical (unpaired) electrons. The average Bonchev–Trinajstić information content (AvgIpc) is 2.94. The highest BCUT2D eigenvalue weighted by Gasteiger charge is 2.42. The van der Waals surface area contributed by atoms with Crippen molar-refractivity contribution in [1.82, 2.24) is 9.80 Å². The molecule has 1 amide bonds. The van der Waals surface area contributed by atoms with Crippen molar-refractivity contribution in [1.29, 1.82) is 0 Å². The molecule has 6 heteroatoms. The summed E-state index contributed by atoms with van der Waals surface area (Å²) < 4.78 is 17.2. The van der Waals surface area contributed by atoms with Gasteiger partial charge in [0.2, 0.25) is 5.91 Å². The van der Waals surface area contributed by atoms with Gasteiger partial charge >= 0.3 is 0 Å². The van der Waals surface area contributed by atoms with E-state index in [9.17, 15) is 4.79 Å². The number of ether oxygens (including phenoxy) is 3. The van der Waals surface area contributed by atoms with E-state index in [1.165, 1.54) is 0 Å². The summed E-state index contributed by atoms with van der Waals surface area (Å²) in [6, 6.07) is -0.0868. The van der Waals surface area contributed by atoms with Crippen molar-refractivity contribution in [2.24, 2.45) is 0 Å². The molecule has 3 fully saturated rings. The highest BCUT2D eigenvalue weighted by Crippen LogP contribution is 2.32. The number of carbonyl (C=O) groups is 1. The first kappa shape index (κ1) is 16.2. The first-order valence-corrected chi connectivity index (χ1v) is 8.45. The molecule has 3 aliphatic heterocycles. The lowest BCUT2D eigenvalue weighted by Gasteiger charge is -2.42. The first-order valence-electron chi connectivity index (χ1n) is 8.45. The minimum atomic E-state index is -0.374. The third-order valence-electron chi connectivity index (χ3n) is 5.01. The van der Waals surface area contributed by atoms with Gasteiger partial charge in [0, 0.05) is 39.0 Å². The average molecular weight is 312 g/mol. The Balaban J connectivity index is 1.55. The van der Waals surface area contributed by atoms with Gasteiger partial charge in [-0.05, 0) is 20.8 Å². The molecule has 3 heterocycles. The van der Waals surface area contributed by atoms with E-state index in [0.29, 0.717) is 26.3 Å². The normalized spacial score (nSPS) is 34.0. The second-order valence-electron chi connectivity index (χ2n) is 6.82. The Kier molecular flexibility index (Phi) is 4.73. The van der Waals surface area contributed by atoms with Gasteiger partial charge < -0.3 is 19.1 Å². The fourth-order valence-electron chi connectivity index (χ4n) is 3.82. The van der Waals surface area contributed by atoms with Gasteiger partial charge in [-0.1, -0.05) is 0 Å². The topological polar surface area (TPSA) is 51.2 Å². The van der Waals surface area contributed by atoms with E-state index in [-0.39, 0.29) is 29.9 Å². The molecule has 126 valence electrons. The molecule has 0 saturated carbocycles. The van der Waals surface area contributed by atoms with Gasteiger partial charge in [0.15, 0.2) is 5.79 Å². The fraction of sp³-hybridized carbons (Fsp3) is 0.938. The van der Waals surface area contributed by atoms with Crippen LogP contribution in [0, 0.1) is 0 Å². The summed E-state index contributed by atoms with van der Waals surface area (Å²) in [7, 11) is 0. The first-order chi connectivity index (χ1) is 10.5. The molecule has 0 aliphatic carbocycles. The summed E-state index contributed by atoms with van der Waals surface area (Å²) in [5.41, 5.74) is 0. The summed E-state index contributed by atoms with van der Waals surface area (Å²) >= 11 is 0. The second-order valence-corrected chi connectivity index (χ2v) is 6.82. The van der Waals surface area contributed by atoms with Gasteiger partial charge in [0.25, 0.3) is 0 Å². The van der Waals surface area contributed by atoms with Gasteiger partial charge in [-0.25, -0.2) is 0 Å². The summed E-state index contributed by atoms with van der Waals surface area (Å²) in [6.45, 7) is 10.5. The van der Waals surface area contributed by atoms with Gasteiger partial charge in [-0.2, -0.15) is 0 Å². The highest BCUT2D eigenvalue weighted by atomic mass is 16.7. The van der Waals surface area contributed by atoms with Crippen molar-refractivity contribution in [2.75, 3.05) is 39.4 Å². The van der Waals surface area contributed by atoms with E-state index in [4.69, 9.17) is 14.2 Å². The molecular formula is C16H28N2O4. The SMILES string of the molecule is C[C@@H]1CN(C(=O)[C@@H](C)N2CCC3(CC2)OCCO3)C[C@@H](C)O1. The number of piperidine rings is 1. The van der Waals surface area contributed by atoms with Gasteiger partial charge in [0.05, 0.1) is 31.5 Å². The zero-order valence-corrected chi connectivity index (χ0v) is 13.9. The van der Waals surface area contributed by atoms with Crippen LogP contribution in [0.2, 0.25) is 0 Å². The number of hydrogen-bond donors (Lipinski definition) is 0. The molecule has 0 N–H and O–H groups in total. The van der Waals surface area contributed by atoms with Crippen molar-refractivity contribution >= 4 is 5.91 Å². The number of carbonyl (C=O) groups excluding carboxylic acids is 1. The van der Waals surface area contributed by atoms with Crippen LogP contribution in [-0.4, -0.2) is 79.1 Å². The molecule has 0 bridgehead atoms. The minimum Gasteiger partial charge on any atom is -0.372 e. The van der Waals surface area contributed by atoms with Crippen molar-refractivity contribution in [3.8, 4) is 0 Å². The molecule has 0 aromatic heterocycles. The molecule has 3 aliphatic rings. The van der Waals surface area contributed by atoms with E-state index >= 15 is 0 Å². The third kappa shape index (κ3) is 3.30. The largest absolute Gasteiger partial charge is 0.372 e. The molecule has 0 aromatic rings. The Morgan fingerprint density at radius 2 is 1.64 bits per heavy atom. The molecule has 22 heavy (non-hydrogen) atoms. The van der Waals surface area contributed by atoms with Gasteiger partial charge in [-0.3, -0.25) is 9.69 Å². The van der Waals surface area contributed by atoms with Gasteiger partial charge in [0.1, 0.15) is 0 Å². The van der Waals surface area contributed by atoms with E-state index < -0.39 is 0 Å². The number of rotatable bonds is 2. The maximum Gasteiger partial charge on any atom is 0.239 e. The van der Waals surface area contributed by atoms with Crippen LogP contribution in [0.1, 0.15) is 33.6 Å². The molecule has 3 rings (SSSR count). The lowest BCUT2D eigenvalue weighted by atomic mass is 10.0. The molecule has 0 unspecified atom stereocenters. The second kappa shape index (κ2) is 6.43. The lowest BCUT2D eigenvalue weighted by Crippen LogP contribution is -2.56. The van der Waals surface area contributed by atoms with Crippen LogP contribution in [0.5, 0.6) is 0 Å². The van der Waals surface area contributed by atoms with Crippen LogP contribution in [-0.2, 0) is 19.0 Å².